The smallest absolute Gasteiger partial charge is 0.308 e. The van der Waals surface area contributed by atoms with Crippen molar-refractivity contribution in [1.29, 1.82) is 0 Å². The van der Waals surface area contributed by atoms with Crippen LogP contribution in [0.1, 0.15) is 41.0 Å². The first kappa shape index (κ1) is 22.2. The molecule has 3 aliphatic heterocycles. The molecule has 5 heteroatoms. The molecule has 0 saturated carbocycles. The quantitative estimate of drug-likeness (QED) is 0.489. The summed E-state index contributed by atoms with van der Waals surface area (Å²) in [5.41, 5.74) is 2.28. The number of fused-ring (bicyclic) bond motifs is 3. The van der Waals surface area contributed by atoms with Gasteiger partial charge in [0.15, 0.2) is 0 Å². The fraction of sp³-hybridized carbons (Fsp3) is 0.357. The minimum absolute atomic E-state index is 0.124. The number of rotatable bonds is 6. The minimum Gasteiger partial charge on any atom is -0.308 e. The third kappa shape index (κ3) is 4.57. The average molecular weight is 451 g/mol. The molecule has 2 atom stereocenters. The van der Waals surface area contributed by atoms with Crippen LogP contribution in [-0.2, 0) is 12.7 Å². The topological polar surface area (TPSA) is 15.3 Å². The van der Waals surface area contributed by atoms with Crippen molar-refractivity contribution in [2.75, 3.05) is 13.1 Å². The standard InChI is InChI=1S/C28H29F3N2/c29-28(30,31)24-14-8-7-13-23(24)19-32-26-22-15-17-33(18-16-22)27(26)25(20-9-3-1-4-10-20)21-11-5-2-6-12-21/h1-14,22,25-27,32H,15-19H2. The maximum absolute atomic E-state index is 13.6. The SMILES string of the molecule is FC(F)(F)c1ccccc1CNC1C2CCN(CC2)C1C(c1ccccc1)c1ccccc1. The first-order valence-electron chi connectivity index (χ1n) is 11.7. The summed E-state index contributed by atoms with van der Waals surface area (Å²) in [5, 5.41) is 3.61. The van der Waals surface area contributed by atoms with Crippen LogP contribution in [-0.4, -0.2) is 30.1 Å². The van der Waals surface area contributed by atoms with Crippen molar-refractivity contribution in [3.8, 4) is 0 Å². The molecule has 2 nitrogen and oxygen atoms in total. The van der Waals surface area contributed by atoms with Gasteiger partial charge < -0.3 is 5.32 Å². The van der Waals surface area contributed by atoms with E-state index in [-0.39, 0.29) is 24.5 Å². The molecule has 2 unspecified atom stereocenters. The Labute approximate surface area is 193 Å². The number of alkyl halides is 3. The van der Waals surface area contributed by atoms with E-state index in [1.165, 1.54) is 23.3 Å². The number of halogens is 3. The highest BCUT2D eigenvalue weighted by atomic mass is 19.4. The van der Waals surface area contributed by atoms with Crippen LogP contribution in [0.5, 0.6) is 0 Å². The van der Waals surface area contributed by atoms with Crippen molar-refractivity contribution in [2.24, 2.45) is 5.92 Å². The van der Waals surface area contributed by atoms with Crippen molar-refractivity contribution in [1.82, 2.24) is 10.2 Å². The zero-order valence-electron chi connectivity index (χ0n) is 18.5. The highest BCUT2D eigenvalue weighted by molar-refractivity contribution is 5.36. The van der Waals surface area contributed by atoms with Gasteiger partial charge in [0, 0.05) is 24.5 Å². The molecule has 0 aromatic heterocycles. The molecule has 0 aliphatic carbocycles. The van der Waals surface area contributed by atoms with Gasteiger partial charge >= 0.3 is 6.18 Å². The van der Waals surface area contributed by atoms with E-state index < -0.39 is 11.7 Å². The summed E-state index contributed by atoms with van der Waals surface area (Å²) in [7, 11) is 0. The van der Waals surface area contributed by atoms with Gasteiger partial charge in [0.2, 0.25) is 0 Å². The molecule has 33 heavy (non-hydrogen) atoms. The lowest BCUT2D eigenvalue weighted by molar-refractivity contribution is -0.138. The zero-order valence-corrected chi connectivity index (χ0v) is 18.5. The number of hydrogen-bond donors (Lipinski definition) is 1. The Morgan fingerprint density at radius 2 is 1.33 bits per heavy atom. The lowest BCUT2D eigenvalue weighted by atomic mass is 9.70. The summed E-state index contributed by atoms with van der Waals surface area (Å²) in [6, 6.07) is 27.3. The van der Waals surface area contributed by atoms with Crippen LogP contribution in [0.2, 0.25) is 0 Å². The van der Waals surface area contributed by atoms with Crippen LogP contribution >= 0.6 is 0 Å². The summed E-state index contributed by atoms with van der Waals surface area (Å²) in [4.78, 5) is 2.55. The Morgan fingerprint density at radius 3 is 1.91 bits per heavy atom. The maximum Gasteiger partial charge on any atom is 0.416 e. The average Bonchev–Trinajstić information content (AvgIpc) is 2.85. The van der Waals surface area contributed by atoms with E-state index in [9.17, 15) is 13.2 Å². The van der Waals surface area contributed by atoms with Gasteiger partial charge in [-0.3, -0.25) is 4.90 Å². The van der Waals surface area contributed by atoms with Crippen molar-refractivity contribution < 1.29 is 13.2 Å². The van der Waals surface area contributed by atoms with Crippen molar-refractivity contribution in [2.45, 2.75) is 43.6 Å². The molecule has 1 N–H and O–H groups in total. The van der Waals surface area contributed by atoms with Crippen LogP contribution in [0.4, 0.5) is 13.2 Å². The molecule has 0 amide bonds. The molecule has 0 spiro atoms. The number of nitrogens with zero attached hydrogens (tertiary/aromatic N) is 1. The normalized spacial score (nSPS) is 24.8. The van der Waals surface area contributed by atoms with Gasteiger partial charge in [-0.1, -0.05) is 78.9 Å². The second-order valence-electron chi connectivity index (χ2n) is 9.22. The second kappa shape index (κ2) is 9.32. The molecule has 2 bridgehead atoms. The van der Waals surface area contributed by atoms with E-state index in [1.807, 2.05) is 12.1 Å². The van der Waals surface area contributed by atoms with E-state index in [4.69, 9.17) is 0 Å². The fourth-order valence-electron chi connectivity index (χ4n) is 5.87. The molecular formula is C28H29F3N2. The summed E-state index contributed by atoms with van der Waals surface area (Å²) < 4.78 is 40.7. The Hall–Kier alpha value is -2.63. The van der Waals surface area contributed by atoms with E-state index in [2.05, 4.69) is 58.7 Å². The number of benzene rings is 3. The third-order valence-electron chi connectivity index (χ3n) is 7.38. The zero-order chi connectivity index (χ0) is 22.8. The van der Waals surface area contributed by atoms with Crippen LogP contribution in [0.3, 0.4) is 0 Å². The summed E-state index contributed by atoms with van der Waals surface area (Å²) >= 11 is 0. The van der Waals surface area contributed by atoms with Gasteiger partial charge in [0.25, 0.3) is 0 Å². The van der Waals surface area contributed by atoms with E-state index in [1.54, 1.807) is 12.1 Å². The molecule has 6 rings (SSSR count). The van der Waals surface area contributed by atoms with Crippen LogP contribution in [0.25, 0.3) is 0 Å². The lowest BCUT2D eigenvalue weighted by Crippen LogP contribution is -2.64. The van der Waals surface area contributed by atoms with Gasteiger partial charge in [0.05, 0.1) is 5.56 Å². The van der Waals surface area contributed by atoms with Crippen molar-refractivity contribution >= 4 is 0 Å². The summed E-state index contributed by atoms with van der Waals surface area (Å²) in [6.07, 6.45) is -2.17. The maximum atomic E-state index is 13.6. The lowest BCUT2D eigenvalue weighted by Gasteiger charge is -2.54. The second-order valence-corrected chi connectivity index (χ2v) is 9.22. The molecule has 3 saturated heterocycles. The number of nitrogens with one attached hydrogen (secondary N) is 1. The highest BCUT2D eigenvalue weighted by Gasteiger charge is 2.46. The van der Waals surface area contributed by atoms with Crippen LogP contribution < -0.4 is 5.32 Å². The monoisotopic (exact) mass is 450 g/mol. The summed E-state index contributed by atoms with van der Waals surface area (Å²) in [5.74, 6) is 0.624. The van der Waals surface area contributed by atoms with Gasteiger partial charge in [-0.2, -0.15) is 13.2 Å². The molecule has 3 heterocycles. The highest BCUT2D eigenvalue weighted by Crippen LogP contribution is 2.42. The fourth-order valence-corrected chi connectivity index (χ4v) is 5.87. The van der Waals surface area contributed by atoms with Gasteiger partial charge in [0.1, 0.15) is 0 Å². The van der Waals surface area contributed by atoms with E-state index in [0.717, 1.165) is 25.9 Å². The number of hydrogen-bond acceptors (Lipinski definition) is 2. The molecule has 3 aromatic rings. The van der Waals surface area contributed by atoms with E-state index >= 15 is 0 Å². The molecule has 3 fully saturated rings. The largest absolute Gasteiger partial charge is 0.416 e. The van der Waals surface area contributed by atoms with Crippen LogP contribution in [0.15, 0.2) is 84.9 Å². The molecule has 3 aliphatic rings. The van der Waals surface area contributed by atoms with Crippen molar-refractivity contribution in [3.05, 3.63) is 107 Å². The number of piperidine rings is 3. The Morgan fingerprint density at radius 1 is 0.788 bits per heavy atom. The predicted molar refractivity (Wildman–Crippen MR) is 125 cm³/mol. The van der Waals surface area contributed by atoms with Crippen molar-refractivity contribution in [3.63, 3.8) is 0 Å². The Bertz CT molecular complexity index is 1000. The first-order valence-corrected chi connectivity index (χ1v) is 11.7. The van der Waals surface area contributed by atoms with E-state index in [0.29, 0.717) is 11.5 Å². The molecule has 172 valence electrons. The van der Waals surface area contributed by atoms with Gasteiger partial charge in [-0.15, -0.1) is 0 Å². The molecular weight excluding hydrogens is 421 g/mol. The molecule has 0 radical (unpaired) electrons. The Kier molecular flexibility index (Phi) is 6.26. The first-order chi connectivity index (χ1) is 16.0. The van der Waals surface area contributed by atoms with Crippen LogP contribution in [0, 0.1) is 5.92 Å². The third-order valence-corrected chi connectivity index (χ3v) is 7.38. The van der Waals surface area contributed by atoms with Gasteiger partial charge in [-0.05, 0) is 54.6 Å². The van der Waals surface area contributed by atoms with Gasteiger partial charge in [-0.25, -0.2) is 0 Å². The molecule has 3 aromatic carbocycles. The summed E-state index contributed by atoms with van der Waals surface area (Å²) in [6.45, 7) is 2.31. The Balaban J connectivity index is 1.49. The minimum atomic E-state index is -4.34. The predicted octanol–water partition coefficient (Wildman–Crippen LogP) is 6.09.